The summed E-state index contributed by atoms with van der Waals surface area (Å²) < 4.78 is 11.3. The van der Waals surface area contributed by atoms with Gasteiger partial charge < -0.3 is 15.5 Å². The summed E-state index contributed by atoms with van der Waals surface area (Å²) >= 11 is 0. The van der Waals surface area contributed by atoms with Crippen molar-refractivity contribution >= 4 is 16.7 Å². The van der Waals surface area contributed by atoms with Crippen molar-refractivity contribution in [2.24, 2.45) is 5.73 Å². The third kappa shape index (κ3) is 4.27. The summed E-state index contributed by atoms with van der Waals surface area (Å²) in [6.07, 6.45) is 0. The largest absolute Gasteiger partial charge is 0.339 e. The van der Waals surface area contributed by atoms with Crippen LogP contribution in [0.1, 0.15) is 0 Å². The molecule has 1 fully saturated rings. The maximum Gasteiger partial charge on any atom is 0.235 e. The lowest BCUT2D eigenvalue weighted by Gasteiger charge is -2.32. The third-order valence-electron chi connectivity index (χ3n) is 2.49. The number of carbonyl (C=O) groups excluding carboxylic acids is 1. The maximum absolute atomic E-state index is 11.7. The Kier molecular flexibility index (Phi) is 5.21. The number of rotatable bonds is 4. The van der Waals surface area contributed by atoms with Gasteiger partial charge in [0.15, 0.2) is 0 Å². The van der Waals surface area contributed by atoms with Crippen LogP contribution >= 0.6 is 0 Å². The van der Waals surface area contributed by atoms with Crippen LogP contribution in [0.3, 0.4) is 0 Å². The van der Waals surface area contributed by atoms with Crippen molar-refractivity contribution in [3.8, 4) is 0 Å². The second-order valence-electron chi connectivity index (χ2n) is 3.76. The molecule has 0 radical (unpaired) electrons. The monoisotopic (exact) mass is 233 g/mol. The predicted octanol–water partition coefficient (Wildman–Crippen LogP) is -1.53. The minimum Gasteiger partial charge on any atom is -0.339 e. The summed E-state index contributed by atoms with van der Waals surface area (Å²) in [5, 5.41) is 0. The molecule has 0 spiro atoms. The average molecular weight is 233 g/mol. The highest BCUT2D eigenvalue weighted by atomic mass is 32.2. The summed E-state index contributed by atoms with van der Waals surface area (Å²) in [5.41, 5.74) is 5.28. The molecule has 0 aliphatic carbocycles. The van der Waals surface area contributed by atoms with Gasteiger partial charge in [-0.25, -0.2) is 0 Å². The van der Waals surface area contributed by atoms with Crippen LogP contribution in [0.4, 0.5) is 0 Å². The van der Waals surface area contributed by atoms with E-state index in [9.17, 15) is 9.00 Å². The van der Waals surface area contributed by atoms with Crippen molar-refractivity contribution in [2.45, 2.75) is 0 Å². The maximum atomic E-state index is 11.7. The highest BCUT2D eigenvalue weighted by molar-refractivity contribution is 7.85. The zero-order valence-corrected chi connectivity index (χ0v) is 9.96. The number of hydrogen-bond acceptors (Lipinski definition) is 4. The number of likely N-dealkylation sites (N-methyl/N-ethyl adjacent to an activating group) is 1. The number of amides is 1. The smallest absolute Gasteiger partial charge is 0.235 e. The van der Waals surface area contributed by atoms with E-state index in [-0.39, 0.29) is 11.7 Å². The molecule has 1 saturated heterocycles. The van der Waals surface area contributed by atoms with Gasteiger partial charge in [-0.2, -0.15) is 0 Å². The fraction of sp³-hybridized carbons (Fsp3) is 0.889. The number of nitrogens with two attached hydrogens (primary N) is 1. The first-order valence-corrected chi connectivity index (χ1v) is 6.63. The van der Waals surface area contributed by atoms with Gasteiger partial charge in [0.25, 0.3) is 0 Å². The first-order valence-electron chi connectivity index (χ1n) is 5.15. The molecule has 0 bridgehead atoms. The van der Waals surface area contributed by atoms with Crippen LogP contribution in [-0.4, -0.2) is 71.2 Å². The van der Waals surface area contributed by atoms with E-state index in [0.29, 0.717) is 12.3 Å². The molecule has 0 aromatic carbocycles. The standard InChI is InChI=1S/C9H19N3O2S/c1-11-3-5-12(6-4-11)9(13)8-15(14)7-2-10/h2-8,10H2,1H3. The molecule has 1 rings (SSSR count). The van der Waals surface area contributed by atoms with Crippen molar-refractivity contribution in [3.63, 3.8) is 0 Å². The molecular weight excluding hydrogens is 214 g/mol. The highest BCUT2D eigenvalue weighted by Gasteiger charge is 2.20. The number of nitrogens with zero attached hydrogens (tertiary/aromatic N) is 2. The van der Waals surface area contributed by atoms with Gasteiger partial charge in [-0.3, -0.25) is 9.00 Å². The Morgan fingerprint density at radius 2 is 1.93 bits per heavy atom. The molecule has 0 aromatic rings. The molecule has 1 amide bonds. The van der Waals surface area contributed by atoms with Crippen LogP contribution < -0.4 is 5.73 Å². The van der Waals surface area contributed by atoms with Crippen molar-refractivity contribution < 1.29 is 9.00 Å². The summed E-state index contributed by atoms with van der Waals surface area (Å²) in [6.45, 7) is 3.66. The van der Waals surface area contributed by atoms with Crippen LogP contribution in [0.25, 0.3) is 0 Å². The van der Waals surface area contributed by atoms with Gasteiger partial charge in [-0.05, 0) is 7.05 Å². The van der Waals surface area contributed by atoms with Crippen LogP contribution in [0.15, 0.2) is 0 Å². The van der Waals surface area contributed by atoms with E-state index >= 15 is 0 Å². The second-order valence-corrected chi connectivity index (χ2v) is 5.34. The molecule has 0 saturated carbocycles. The quantitative estimate of drug-likeness (QED) is 0.639. The molecule has 88 valence electrons. The van der Waals surface area contributed by atoms with Crippen molar-refractivity contribution in [1.82, 2.24) is 9.80 Å². The van der Waals surface area contributed by atoms with Crippen LogP contribution in [0, 0.1) is 0 Å². The van der Waals surface area contributed by atoms with Gasteiger partial charge in [0, 0.05) is 49.3 Å². The highest BCUT2D eigenvalue weighted by Crippen LogP contribution is 2.00. The van der Waals surface area contributed by atoms with Gasteiger partial charge >= 0.3 is 0 Å². The number of hydrogen-bond donors (Lipinski definition) is 1. The van der Waals surface area contributed by atoms with Crippen LogP contribution in [0.2, 0.25) is 0 Å². The molecule has 1 heterocycles. The molecule has 5 nitrogen and oxygen atoms in total. The number of piperazine rings is 1. The third-order valence-corrected chi connectivity index (χ3v) is 3.75. The van der Waals surface area contributed by atoms with E-state index in [4.69, 9.17) is 5.73 Å². The van der Waals surface area contributed by atoms with E-state index in [1.54, 1.807) is 4.90 Å². The molecule has 1 aliphatic heterocycles. The van der Waals surface area contributed by atoms with Gasteiger partial charge in [0.05, 0.1) is 0 Å². The fourth-order valence-corrected chi connectivity index (χ4v) is 2.35. The molecular formula is C9H19N3O2S. The first-order chi connectivity index (χ1) is 7.13. The molecule has 1 atom stereocenters. The lowest BCUT2D eigenvalue weighted by Crippen LogP contribution is -2.48. The molecule has 1 aliphatic rings. The molecule has 2 N–H and O–H groups in total. The Labute approximate surface area is 93.0 Å². The predicted molar refractivity (Wildman–Crippen MR) is 61.0 cm³/mol. The zero-order valence-electron chi connectivity index (χ0n) is 9.15. The molecule has 0 aromatic heterocycles. The summed E-state index contributed by atoms with van der Waals surface area (Å²) in [6, 6.07) is 0. The lowest BCUT2D eigenvalue weighted by atomic mass is 10.3. The Morgan fingerprint density at radius 3 is 2.47 bits per heavy atom. The van der Waals surface area contributed by atoms with Crippen LogP contribution in [-0.2, 0) is 15.6 Å². The molecule has 6 heteroatoms. The first kappa shape index (κ1) is 12.6. The van der Waals surface area contributed by atoms with Gasteiger partial charge in [0.1, 0.15) is 5.75 Å². The summed E-state index contributed by atoms with van der Waals surface area (Å²) in [4.78, 5) is 15.6. The van der Waals surface area contributed by atoms with E-state index in [0.717, 1.165) is 26.2 Å². The fourth-order valence-electron chi connectivity index (χ4n) is 1.49. The summed E-state index contributed by atoms with van der Waals surface area (Å²) in [5.74, 6) is 0.537. The second kappa shape index (κ2) is 6.19. The molecule has 1 unspecified atom stereocenters. The molecule has 15 heavy (non-hydrogen) atoms. The van der Waals surface area contributed by atoms with E-state index in [2.05, 4.69) is 4.90 Å². The van der Waals surface area contributed by atoms with Crippen LogP contribution in [0.5, 0.6) is 0 Å². The number of carbonyl (C=O) groups is 1. The lowest BCUT2D eigenvalue weighted by molar-refractivity contribution is -0.129. The van der Waals surface area contributed by atoms with Crippen molar-refractivity contribution in [2.75, 3.05) is 51.3 Å². The summed E-state index contributed by atoms with van der Waals surface area (Å²) in [7, 11) is 0.946. The Morgan fingerprint density at radius 1 is 1.33 bits per heavy atom. The topological polar surface area (TPSA) is 66.6 Å². The Bertz CT molecular complexity index is 240. The van der Waals surface area contributed by atoms with E-state index in [1.165, 1.54) is 0 Å². The zero-order chi connectivity index (χ0) is 11.3. The Balaban J connectivity index is 2.31. The SMILES string of the molecule is CN1CCN(C(=O)CS(=O)CCN)CC1. The van der Waals surface area contributed by atoms with Gasteiger partial charge in [0.2, 0.25) is 5.91 Å². The minimum absolute atomic E-state index is 0.00474. The van der Waals surface area contributed by atoms with E-state index < -0.39 is 10.8 Å². The van der Waals surface area contributed by atoms with Gasteiger partial charge in [-0.15, -0.1) is 0 Å². The Hall–Kier alpha value is -0.460. The van der Waals surface area contributed by atoms with E-state index in [1.807, 2.05) is 7.05 Å². The normalized spacial score (nSPS) is 20.3. The van der Waals surface area contributed by atoms with Crippen molar-refractivity contribution in [1.29, 1.82) is 0 Å². The van der Waals surface area contributed by atoms with Gasteiger partial charge in [-0.1, -0.05) is 0 Å². The minimum atomic E-state index is -1.09. The van der Waals surface area contributed by atoms with Crippen molar-refractivity contribution in [3.05, 3.63) is 0 Å². The average Bonchev–Trinajstić information content (AvgIpc) is 2.18.